The third-order valence-electron chi connectivity index (χ3n) is 0. The third kappa shape index (κ3) is 156. The monoisotopic (exact) mass is 180 g/mol. The Kier molecular flexibility index (Phi) is 23.9. The van der Waals surface area contributed by atoms with E-state index in [0.717, 1.165) is 0 Å². The summed E-state index contributed by atoms with van der Waals surface area (Å²) >= 11 is 0. The van der Waals surface area contributed by atoms with Crippen LogP contribution in [0.3, 0.4) is 0 Å². The van der Waals surface area contributed by atoms with E-state index in [1.54, 1.807) is 0 Å². The van der Waals surface area contributed by atoms with Gasteiger partial charge in [-0.1, -0.05) is 0 Å². The standard InChI is InChI=1S/2Al.H3O4P.Si/c;;1-5(2,3)4;/h;;(H3,1,2,3,4);/q2*+3;;+4. The minimum Gasteiger partial charge on any atom is -0.303 e. The summed E-state index contributed by atoms with van der Waals surface area (Å²) in [5, 5.41) is 0. The van der Waals surface area contributed by atoms with Crippen LogP contribution in [0.4, 0.5) is 0 Å². The topological polar surface area (TPSA) is 77.8 Å². The van der Waals surface area contributed by atoms with Gasteiger partial charge in [0.1, 0.15) is 0 Å². The van der Waals surface area contributed by atoms with Crippen LogP contribution in [0.2, 0.25) is 0 Å². The van der Waals surface area contributed by atoms with Gasteiger partial charge in [0, 0.05) is 0 Å². The van der Waals surface area contributed by atoms with Crippen LogP contribution in [0.15, 0.2) is 0 Å². The first-order valence-electron chi connectivity index (χ1n) is 0.783. The van der Waals surface area contributed by atoms with Crippen molar-refractivity contribution in [2.45, 2.75) is 0 Å². The molecule has 8 heavy (non-hydrogen) atoms. The molecule has 0 radical (unpaired) electrons. The summed E-state index contributed by atoms with van der Waals surface area (Å²) in [6.45, 7) is 0. The predicted molar refractivity (Wildman–Crippen MR) is 31.5 cm³/mol. The fourth-order valence-electron chi connectivity index (χ4n) is 0. The molecule has 0 aromatic heterocycles. The molecule has 0 aromatic rings. The SMILES string of the molecule is O=P(O)(O)O.[Al+3].[Al+3].[Si+4]. The zero-order valence-corrected chi connectivity index (χ0v) is 8.06. The van der Waals surface area contributed by atoms with Crippen molar-refractivity contribution in [3.8, 4) is 0 Å². The minimum atomic E-state index is -4.64. The normalized spacial score (nSPS) is 7.38. The minimum absolute atomic E-state index is 0. The number of hydrogen-bond acceptors (Lipinski definition) is 1. The van der Waals surface area contributed by atoms with Crippen LogP contribution >= 0.6 is 7.82 Å². The number of rotatable bonds is 0. The average Bonchev–Trinajstić information content (AvgIpc) is 0.722. The van der Waals surface area contributed by atoms with Crippen molar-refractivity contribution in [2.24, 2.45) is 0 Å². The molecular formula is H3Al2O4PSi+10. The van der Waals surface area contributed by atoms with Crippen LogP contribution in [0.25, 0.3) is 0 Å². The molecule has 0 aliphatic heterocycles. The Bertz CT molecular complexity index is 60.2. The van der Waals surface area contributed by atoms with E-state index in [0.29, 0.717) is 0 Å². The van der Waals surface area contributed by atoms with Crippen LogP contribution in [-0.4, -0.2) is 60.4 Å². The molecule has 0 unspecified atom stereocenters. The van der Waals surface area contributed by atoms with Gasteiger partial charge in [0.15, 0.2) is 0 Å². The first-order chi connectivity index (χ1) is 2.00. The van der Waals surface area contributed by atoms with Gasteiger partial charge in [0.05, 0.1) is 0 Å². The van der Waals surface area contributed by atoms with Crippen LogP contribution in [0.1, 0.15) is 0 Å². The largest absolute Gasteiger partial charge is 4.00 e. The maximum absolute atomic E-state index is 8.88. The first kappa shape index (κ1) is 22.8. The van der Waals surface area contributed by atoms with Crippen molar-refractivity contribution in [1.82, 2.24) is 0 Å². The number of phosphoric acid groups is 1. The Labute approximate surface area is 72.8 Å². The van der Waals surface area contributed by atoms with Crippen LogP contribution in [0.5, 0.6) is 0 Å². The Morgan fingerprint density at radius 3 is 1.00 bits per heavy atom. The van der Waals surface area contributed by atoms with Crippen LogP contribution in [-0.2, 0) is 4.57 Å². The molecule has 0 aromatic carbocycles. The van der Waals surface area contributed by atoms with E-state index < -0.39 is 7.82 Å². The molecule has 0 rings (SSSR count). The molecule has 0 spiro atoms. The second kappa shape index (κ2) is 8.39. The maximum atomic E-state index is 8.88. The molecule has 0 atom stereocenters. The predicted octanol–water partition coefficient (Wildman–Crippen LogP) is -2.07. The molecule has 4 nitrogen and oxygen atoms in total. The molecule has 0 saturated carbocycles. The molecule has 0 fully saturated rings. The summed E-state index contributed by atoms with van der Waals surface area (Å²) in [5.74, 6) is 0. The van der Waals surface area contributed by atoms with Crippen molar-refractivity contribution in [3.63, 3.8) is 0 Å². The van der Waals surface area contributed by atoms with E-state index in [1.807, 2.05) is 0 Å². The number of hydrogen-bond donors (Lipinski definition) is 3. The molecule has 0 amide bonds. The summed E-state index contributed by atoms with van der Waals surface area (Å²) in [7, 11) is -4.64. The summed E-state index contributed by atoms with van der Waals surface area (Å²) in [6, 6.07) is 0. The van der Waals surface area contributed by atoms with Crippen molar-refractivity contribution in [2.75, 3.05) is 0 Å². The van der Waals surface area contributed by atoms with Gasteiger partial charge in [-0.25, -0.2) is 4.57 Å². The fraction of sp³-hybridized carbons (Fsp3) is 0. The Morgan fingerprint density at radius 2 is 1.00 bits per heavy atom. The Morgan fingerprint density at radius 1 is 1.00 bits per heavy atom. The van der Waals surface area contributed by atoms with Crippen LogP contribution < -0.4 is 0 Å². The second-order valence-electron chi connectivity index (χ2n) is 0.513. The summed E-state index contributed by atoms with van der Waals surface area (Å²) < 4.78 is 8.88. The summed E-state index contributed by atoms with van der Waals surface area (Å²) in [6.07, 6.45) is 0. The zero-order valence-electron chi connectivity index (χ0n) is 3.85. The van der Waals surface area contributed by atoms with Gasteiger partial charge in [-0.2, -0.15) is 0 Å². The van der Waals surface area contributed by atoms with Crippen molar-refractivity contribution in [3.05, 3.63) is 0 Å². The molecule has 0 bridgehead atoms. The van der Waals surface area contributed by atoms with E-state index in [9.17, 15) is 0 Å². The smallest absolute Gasteiger partial charge is 0.303 e. The second-order valence-corrected chi connectivity index (χ2v) is 1.54. The van der Waals surface area contributed by atoms with Crippen LogP contribution in [0, 0.1) is 0 Å². The van der Waals surface area contributed by atoms with Gasteiger partial charge < -0.3 is 14.7 Å². The molecule has 0 saturated heterocycles. The quantitative estimate of drug-likeness (QED) is 0.295. The Hall–Kier alpha value is 1.39. The van der Waals surface area contributed by atoms with Crippen molar-refractivity contribution < 1.29 is 19.2 Å². The van der Waals surface area contributed by atoms with E-state index in [1.165, 1.54) is 0 Å². The van der Waals surface area contributed by atoms with Gasteiger partial charge in [-0.05, 0) is 0 Å². The maximum Gasteiger partial charge on any atom is 4.00 e. The van der Waals surface area contributed by atoms with Gasteiger partial charge in [0.25, 0.3) is 0 Å². The first-order valence-corrected chi connectivity index (χ1v) is 2.35. The van der Waals surface area contributed by atoms with Gasteiger partial charge >= 0.3 is 53.5 Å². The summed E-state index contributed by atoms with van der Waals surface area (Å²) in [5.41, 5.74) is 0. The average molecular weight is 180 g/mol. The van der Waals surface area contributed by atoms with E-state index >= 15 is 0 Å². The third-order valence-corrected chi connectivity index (χ3v) is 0. The van der Waals surface area contributed by atoms with E-state index in [2.05, 4.69) is 0 Å². The Balaban J connectivity index is -0.0000000267. The van der Waals surface area contributed by atoms with Crippen molar-refractivity contribution in [1.29, 1.82) is 0 Å². The molecule has 8 heteroatoms. The molecule has 0 heterocycles. The van der Waals surface area contributed by atoms with E-state index in [-0.39, 0.29) is 45.7 Å². The molecule has 32 valence electrons. The van der Waals surface area contributed by atoms with Gasteiger partial charge in [-0.3, -0.25) is 0 Å². The van der Waals surface area contributed by atoms with E-state index in [4.69, 9.17) is 19.2 Å². The zero-order chi connectivity index (χ0) is 4.50. The molecule has 3 N–H and O–H groups in total. The molecular weight excluding hydrogens is 177 g/mol. The molecule has 0 aliphatic rings. The molecule has 0 aliphatic carbocycles. The fourth-order valence-corrected chi connectivity index (χ4v) is 0. The summed E-state index contributed by atoms with van der Waals surface area (Å²) in [4.78, 5) is 21.6. The van der Waals surface area contributed by atoms with Gasteiger partial charge in [-0.15, -0.1) is 0 Å². The van der Waals surface area contributed by atoms with Gasteiger partial charge in [0.2, 0.25) is 0 Å². The van der Waals surface area contributed by atoms with Crippen molar-refractivity contribution >= 4 is 53.5 Å².